The first-order chi connectivity index (χ1) is 14.2. The molecule has 29 heavy (non-hydrogen) atoms. The summed E-state index contributed by atoms with van der Waals surface area (Å²) < 4.78 is 7.74. The molecular weight excluding hydrogens is 364 g/mol. The zero-order valence-corrected chi connectivity index (χ0v) is 16.6. The second-order valence-electron chi connectivity index (χ2n) is 7.19. The molecule has 3 aromatic rings. The van der Waals surface area contributed by atoms with Gasteiger partial charge < -0.3 is 15.4 Å². The van der Waals surface area contributed by atoms with E-state index < -0.39 is 0 Å². The fourth-order valence-corrected chi connectivity index (χ4v) is 3.62. The number of amides is 1. The number of benzene rings is 2. The minimum absolute atomic E-state index is 0.129. The van der Waals surface area contributed by atoms with E-state index >= 15 is 0 Å². The van der Waals surface area contributed by atoms with E-state index in [-0.39, 0.29) is 5.91 Å². The van der Waals surface area contributed by atoms with E-state index in [9.17, 15) is 4.79 Å². The monoisotopic (exact) mass is 390 g/mol. The van der Waals surface area contributed by atoms with Crippen molar-refractivity contribution in [3.05, 3.63) is 82.7 Å². The van der Waals surface area contributed by atoms with Gasteiger partial charge in [0.2, 0.25) is 0 Å². The van der Waals surface area contributed by atoms with Gasteiger partial charge in [-0.05, 0) is 30.2 Å². The number of aromatic nitrogens is 2. The van der Waals surface area contributed by atoms with Crippen LogP contribution in [0.2, 0.25) is 0 Å². The Morgan fingerprint density at radius 1 is 1.17 bits per heavy atom. The van der Waals surface area contributed by atoms with E-state index in [0.717, 1.165) is 35.5 Å². The van der Waals surface area contributed by atoms with Crippen LogP contribution in [0.25, 0.3) is 0 Å². The van der Waals surface area contributed by atoms with Gasteiger partial charge in [0.15, 0.2) is 5.69 Å². The smallest absolute Gasteiger partial charge is 0.272 e. The summed E-state index contributed by atoms with van der Waals surface area (Å²) in [6.07, 6.45) is 0.860. The zero-order chi connectivity index (χ0) is 20.1. The summed E-state index contributed by atoms with van der Waals surface area (Å²) in [7, 11) is 0. The average molecular weight is 390 g/mol. The first-order valence-electron chi connectivity index (χ1n) is 10.0. The molecule has 4 rings (SSSR count). The van der Waals surface area contributed by atoms with Crippen LogP contribution >= 0.6 is 0 Å². The number of para-hydroxylation sites is 1. The van der Waals surface area contributed by atoms with Crippen LogP contribution in [0, 0.1) is 6.92 Å². The lowest BCUT2D eigenvalue weighted by atomic mass is 10.1. The van der Waals surface area contributed by atoms with Gasteiger partial charge in [0, 0.05) is 37.3 Å². The van der Waals surface area contributed by atoms with Gasteiger partial charge in [-0.2, -0.15) is 5.10 Å². The quantitative estimate of drug-likeness (QED) is 0.651. The Balaban J connectivity index is 1.45. The molecule has 0 fully saturated rings. The molecule has 0 saturated carbocycles. The molecule has 0 radical (unpaired) electrons. The van der Waals surface area contributed by atoms with Gasteiger partial charge in [0.05, 0.1) is 6.54 Å². The second-order valence-corrected chi connectivity index (χ2v) is 7.19. The van der Waals surface area contributed by atoms with Crippen LogP contribution in [-0.4, -0.2) is 28.8 Å². The lowest BCUT2D eigenvalue weighted by molar-refractivity contribution is 0.0943. The van der Waals surface area contributed by atoms with Crippen LogP contribution in [0.3, 0.4) is 0 Å². The van der Waals surface area contributed by atoms with Gasteiger partial charge in [0.25, 0.3) is 5.91 Å². The summed E-state index contributed by atoms with van der Waals surface area (Å²) in [5, 5.41) is 11.0. The Bertz CT molecular complexity index is 982. The van der Waals surface area contributed by atoms with Crippen LogP contribution in [-0.2, 0) is 26.1 Å². The van der Waals surface area contributed by atoms with Crippen LogP contribution in [0.15, 0.2) is 54.6 Å². The molecule has 1 amide bonds. The van der Waals surface area contributed by atoms with Crippen molar-refractivity contribution in [1.29, 1.82) is 0 Å². The van der Waals surface area contributed by atoms with Gasteiger partial charge in [-0.3, -0.25) is 9.48 Å². The molecule has 2 aromatic carbocycles. The first-order valence-corrected chi connectivity index (χ1v) is 10.0. The summed E-state index contributed by atoms with van der Waals surface area (Å²) >= 11 is 0. The number of carbonyl (C=O) groups excluding carboxylic acids is 1. The Labute approximate surface area is 170 Å². The highest BCUT2D eigenvalue weighted by atomic mass is 16.5. The normalized spacial score (nSPS) is 13.0. The number of nitrogens with one attached hydrogen (secondary N) is 2. The summed E-state index contributed by atoms with van der Waals surface area (Å²) in [6, 6.07) is 17.8. The molecule has 6 nitrogen and oxygen atoms in total. The highest BCUT2D eigenvalue weighted by Gasteiger charge is 2.24. The Hall–Kier alpha value is -3.12. The third-order valence-electron chi connectivity index (χ3n) is 5.24. The summed E-state index contributed by atoms with van der Waals surface area (Å²) in [5.74, 6) is 0.710. The van der Waals surface area contributed by atoms with Crippen LogP contribution in [0.5, 0.6) is 5.75 Å². The predicted octanol–water partition coefficient (Wildman–Crippen LogP) is 2.85. The number of ether oxygens (including phenoxy) is 1. The van der Waals surface area contributed by atoms with Crippen molar-refractivity contribution < 1.29 is 9.53 Å². The minimum Gasteiger partial charge on any atom is -0.492 e. The fourth-order valence-electron chi connectivity index (χ4n) is 3.62. The van der Waals surface area contributed by atoms with Crippen molar-refractivity contribution in [1.82, 2.24) is 20.4 Å². The summed E-state index contributed by atoms with van der Waals surface area (Å²) in [6.45, 7) is 5.23. The van der Waals surface area contributed by atoms with E-state index in [2.05, 4.69) is 28.7 Å². The molecule has 150 valence electrons. The van der Waals surface area contributed by atoms with Crippen LogP contribution in [0.1, 0.15) is 32.9 Å². The Morgan fingerprint density at radius 3 is 2.79 bits per heavy atom. The molecule has 6 heteroatoms. The van der Waals surface area contributed by atoms with E-state index in [1.807, 2.05) is 53.2 Å². The van der Waals surface area contributed by atoms with Gasteiger partial charge in [-0.25, -0.2) is 0 Å². The number of aryl methyl sites for hydroxylation is 1. The lowest BCUT2D eigenvalue weighted by Crippen LogP contribution is -2.28. The maximum absolute atomic E-state index is 12.9. The minimum atomic E-state index is -0.129. The third kappa shape index (κ3) is 4.49. The summed E-state index contributed by atoms with van der Waals surface area (Å²) in [5.41, 5.74) is 4.92. The maximum atomic E-state index is 12.9. The number of hydrogen-bond acceptors (Lipinski definition) is 4. The van der Waals surface area contributed by atoms with Gasteiger partial charge >= 0.3 is 0 Å². The topological polar surface area (TPSA) is 68.2 Å². The average Bonchev–Trinajstić information content (AvgIpc) is 3.13. The molecule has 0 bridgehead atoms. The zero-order valence-electron chi connectivity index (χ0n) is 16.6. The van der Waals surface area contributed by atoms with Crippen LogP contribution < -0.4 is 15.4 Å². The van der Waals surface area contributed by atoms with Crippen molar-refractivity contribution in [2.75, 3.05) is 13.2 Å². The van der Waals surface area contributed by atoms with E-state index in [1.54, 1.807) is 0 Å². The highest BCUT2D eigenvalue weighted by molar-refractivity contribution is 5.94. The molecule has 0 aliphatic carbocycles. The van der Waals surface area contributed by atoms with Crippen molar-refractivity contribution in [3.8, 4) is 5.75 Å². The predicted molar refractivity (Wildman–Crippen MR) is 112 cm³/mol. The molecule has 0 unspecified atom stereocenters. The second kappa shape index (κ2) is 8.92. The van der Waals surface area contributed by atoms with Gasteiger partial charge in [-0.1, -0.05) is 42.5 Å². The van der Waals surface area contributed by atoms with Gasteiger partial charge in [0.1, 0.15) is 12.4 Å². The van der Waals surface area contributed by atoms with E-state index in [4.69, 9.17) is 4.74 Å². The van der Waals surface area contributed by atoms with E-state index in [0.29, 0.717) is 31.9 Å². The molecule has 2 heterocycles. The largest absolute Gasteiger partial charge is 0.492 e. The summed E-state index contributed by atoms with van der Waals surface area (Å²) in [4.78, 5) is 12.9. The number of fused-ring (bicyclic) bond motifs is 1. The first kappa shape index (κ1) is 19.2. The fraction of sp³-hybridized carbons (Fsp3) is 0.304. The van der Waals surface area contributed by atoms with Gasteiger partial charge in [-0.15, -0.1) is 0 Å². The maximum Gasteiger partial charge on any atom is 0.272 e. The highest BCUT2D eigenvalue weighted by Crippen LogP contribution is 2.19. The van der Waals surface area contributed by atoms with Crippen molar-refractivity contribution in [2.24, 2.45) is 0 Å². The molecular formula is C23H26N4O2. The number of nitrogens with zero attached hydrogens (tertiary/aromatic N) is 2. The molecule has 2 N–H and O–H groups in total. The molecule has 1 aromatic heterocycles. The Kier molecular flexibility index (Phi) is 5.91. The number of carbonyl (C=O) groups is 1. The van der Waals surface area contributed by atoms with Crippen molar-refractivity contribution in [2.45, 2.75) is 33.0 Å². The number of rotatable bonds is 7. The lowest BCUT2D eigenvalue weighted by Gasteiger charge is -2.16. The molecule has 1 aliphatic rings. The number of hydrogen-bond donors (Lipinski definition) is 2. The molecule has 0 atom stereocenters. The standard InChI is InChI=1S/C23H26N4O2/c1-17-7-5-6-8-18(17)15-25-23(28)22-20-16-24-12-11-21(20)27(26-22)13-14-29-19-9-3-2-4-10-19/h2-10,24H,11-16H2,1H3,(H,25,28). The Morgan fingerprint density at radius 2 is 1.97 bits per heavy atom. The van der Waals surface area contributed by atoms with Crippen molar-refractivity contribution in [3.63, 3.8) is 0 Å². The van der Waals surface area contributed by atoms with Crippen LogP contribution in [0.4, 0.5) is 0 Å². The molecule has 0 saturated heterocycles. The van der Waals surface area contributed by atoms with Crippen molar-refractivity contribution >= 4 is 5.91 Å². The molecule has 0 spiro atoms. The van der Waals surface area contributed by atoms with E-state index in [1.165, 1.54) is 5.56 Å². The third-order valence-corrected chi connectivity index (χ3v) is 5.24. The SMILES string of the molecule is Cc1ccccc1CNC(=O)c1nn(CCOc2ccccc2)c2c1CNCC2. The molecule has 1 aliphatic heterocycles.